The number of ether oxygens (including phenoxy) is 1. The highest BCUT2D eigenvalue weighted by atomic mass is 16.5. The highest BCUT2D eigenvalue weighted by molar-refractivity contribution is 6.01. The van der Waals surface area contributed by atoms with Crippen LogP contribution >= 0.6 is 0 Å². The van der Waals surface area contributed by atoms with Crippen LogP contribution in [0.25, 0.3) is 44.3 Å². The Bertz CT molecular complexity index is 2830. The number of rotatable bonds is 9. The summed E-state index contributed by atoms with van der Waals surface area (Å²) in [7, 11) is 2.22. The number of nitrogens with two attached hydrogens (primary N) is 2. The van der Waals surface area contributed by atoms with Gasteiger partial charge in [0, 0.05) is 67.8 Å². The van der Waals surface area contributed by atoms with Crippen molar-refractivity contribution in [2.45, 2.75) is 75.6 Å². The molecule has 3 atom stereocenters. The zero-order valence-electron chi connectivity index (χ0n) is 37.1. The molecule has 4 aromatic carbocycles. The van der Waals surface area contributed by atoms with Crippen LogP contribution in [0.3, 0.4) is 0 Å². The Hall–Kier alpha value is -6.60. The molecule has 12 nitrogen and oxygen atoms in total. The molecule has 3 fully saturated rings. The largest absolute Gasteiger partial charge is 0.457 e. The van der Waals surface area contributed by atoms with Crippen molar-refractivity contribution in [2.75, 3.05) is 44.7 Å². The number of nitrogens with zero attached hydrogens (tertiary/aromatic N) is 8. The number of fused-ring (bicyclic) bond motifs is 2. The summed E-state index contributed by atoms with van der Waals surface area (Å²) in [4.78, 5) is 23.0. The van der Waals surface area contributed by atoms with Gasteiger partial charge in [-0.3, -0.25) is 4.90 Å². The van der Waals surface area contributed by atoms with Crippen LogP contribution in [-0.2, 0) is 0 Å². The number of para-hydroxylation sites is 1. The van der Waals surface area contributed by atoms with Gasteiger partial charge in [0.1, 0.15) is 53.2 Å². The Balaban J connectivity index is 0.000000157. The van der Waals surface area contributed by atoms with E-state index in [-0.39, 0.29) is 0 Å². The van der Waals surface area contributed by atoms with Gasteiger partial charge in [0.15, 0.2) is 0 Å². The van der Waals surface area contributed by atoms with Gasteiger partial charge in [-0.25, -0.2) is 19.9 Å². The highest BCUT2D eigenvalue weighted by Gasteiger charge is 2.31. The van der Waals surface area contributed by atoms with Crippen molar-refractivity contribution in [2.24, 2.45) is 0 Å². The fourth-order valence-electron chi connectivity index (χ4n) is 10.3. The summed E-state index contributed by atoms with van der Waals surface area (Å²) in [5.74, 6) is 2.67. The average Bonchev–Trinajstić information content (AvgIpc) is 4.13. The molecule has 332 valence electrons. The maximum atomic E-state index is 10.7. The van der Waals surface area contributed by atoms with Crippen molar-refractivity contribution < 1.29 is 9.84 Å². The summed E-state index contributed by atoms with van der Waals surface area (Å²) in [5, 5.41) is 12.5. The van der Waals surface area contributed by atoms with Crippen molar-refractivity contribution in [3.8, 4) is 33.8 Å². The first kappa shape index (κ1) is 42.4. The molecule has 2 aliphatic carbocycles. The maximum absolute atomic E-state index is 10.7. The molecule has 0 bridgehead atoms. The summed E-state index contributed by atoms with van der Waals surface area (Å²) in [6, 6.07) is 37.3. The molecular formula is C53H58N10O2. The quantitative estimate of drug-likeness (QED) is 0.128. The van der Waals surface area contributed by atoms with Gasteiger partial charge in [0.05, 0.1) is 10.8 Å². The van der Waals surface area contributed by atoms with Crippen LogP contribution in [0.1, 0.15) is 80.7 Å². The second kappa shape index (κ2) is 18.9. The van der Waals surface area contributed by atoms with E-state index in [1.807, 2.05) is 97.1 Å². The lowest BCUT2D eigenvalue weighted by atomic mass is 9.89. The lowest BCUT2D eigenvalue weighted by molar-refractivity contribution is 0.0791. The van der Waals surface area contributed by atoms with Crippen molar-refractivity contribution in [3.63, 3.8) is 0 Å². The van der Waals surface area contributed by atoms with Gasteiger partial charge in [-0.15, -0.1) is 0 Å². The number of aliphatic hydroxyl groups is 1. The maximum Gasteiger partial charge on any atom is 0.146 e. The normalized spacial score (nSPS) is 19.0. The van der Waals surface area contributed by atoms with Crippen LogP contribution in [0.5, 0.6) is 11.5 Å². The lowest BCUT2D eigenvalue weighted by Gasteiger charge is -2.41. The van der Waals surface area contributed by atoms with Crippen LogP contribution < -0.4 is 16.2 Å². The first-order chi connectivity index (χ1) is 31.9. The van der Waals surface area contributed by atoms with Crippen LogP contribution in [0.15, 0.2) is 134 Å². The van der Waals surface area contributed by atoms with Gasteiger partial charge in [-0.2, -0.15) is 0 Å². The SMILES string of the molecule is CN1CCN([C@H]2CCC[C@H](n3cc(-c4ccc(Oc5ccccc5)cc4)c4c(N)ncnc43)C2)CC1.Nc1ncnc2c1c(-c1ccc(C(O)c3ccccc3)cc1)cn2C1CCCC1. The van der Waals surface area contributed by atoms with E-state index in [1.165, 1.54) is 44.9 Å². The number of likely N-dealkylation sites (N-methyl/N-ethyl adjacent to an activating group) is 1. The van der Waals surface area contributed by atoms with Gasteiger partial charge >= 0.3 is 0 Å². The van der Waals surface area contributed by atoms with Crippen LogP contribution in [0.2, 0.25) is 0 Å². The van der Waals surface area contributed by atoms with E-state index in [9.17, 15) is 5.11 Å². The van der Waals surface area contributed by atoms with E-state index in [0.717, 1.165) is 99.5 Å². The van der Waals surface area contributed by atoms with Crippen LogP contribution in [0, 0.1) is 0 Å². The van der Waals surface area contributed by atoms with Crippen molar-refractivity contribution >= 4 is 33.7 Å². The second-order valence-corrected chi connectivity index (χ2v) is 17.9. The van der Waals surface area contributed by atoms with Gasteiger partial charge in [0.2, 0.25) is 0 Å². The van der Waals surface area contributed by atoms with Gasteiger partial charge in [-0.05, 0) is 92.1 Å². The molecule has 1 saturated heterocycles. The molecule has 0 spiro atoms. The van der Waals surface area contributed by atoms with Gasteiger partial charge in [0.25, 0.3) is 0 Å². The molecule has 12 heteroatoms. The molecule has 1 aliphatic heterocycles. The molecule has 0 amide bonds. The second-order valence-electron chi connectivity index (χ2n) is 17.9. The fraction of sp³-hybridized carbons (Fsp3) is 0.321. The van der Waals surface area contributed by atoms with E-state index in [2.05, 4.69) is 65.5 Å². The average molecular weight is 867 g/mol. The number of hydrogen-bond donors (Lipinski definition) is 3. The van der Waals surface area contributed by atoms with E-state index < -0.39 is 6.10 Å². The summed E-state index contributed by atoms with van der Waals surface area (Å²) >= 11 is 0. The Morgan fingerprint density at radius 1 is 0.554 bits per heavy atom. The first-order valence-electron chi connectivity index (χ1n) is 23.2. The minimum atomic E-state index is -0.640. The van der Waals surface area contributed by atoms with Gasteiger partial charge in [-0.1, -0.05) is 97.8 Å². The zero-order valence-corrected chi connectivity index (χ0v) is 37.1. The van der Waals surface area contributed by atoms with Crippen molar-refractivity contribution in [3.05, 3.63) is 145 Å². The highest BCUT2D eigenvalue weighted by Crippen LogP contribution is 2.41. The number of nitrogen functional groups attached to an aromatic ring is 2. The topological polar surface area (TPSA) is 149 Å². The Morgan fingerprint density at radius 3 is 1.65 bits per heavy atom. The first-order valence-corrected chi connectivity index (χ1v) is 23.2. The summed E-state index contributed by atoms with van der Waals surface area (Å²) in [5.41, 5.74) is 20.5. The Kier molecular flexibility index (Phi) is 12.3. The molecule has 5 heterocycles. The van der Waals surface area contributed by atoms with E-state index >= 15 is 0 Å². The molecule has 5 N–H and O–H groups in total. The Labute approximate surface area is 380 Å². The number of benzene rings is 4. The molecule has 8 aromatic rings. The molecule has 3 aliphatic rings. The van der Waals surface area contributed by atoms with Crippen molar-refractivity contribution in [1.29, 1.82) is 0 Å². The van der Waals surface area contributed by atoms with Crippen LogP contribution in [0.4, 0.5) is 11.6 Å². The molecular weight excluding hydrogens is 809 g/mol. The lowest BCUT2D eigenvalue weighted by Crippen LogP contribution is -2.50. The van der Waals surface area contributed by atoms with Gasteiger partial charge < -0.3 is 35.3 Å². The number of aliphatic hydroxyl groups excluding tert-OH is 1. The minimum absolute atomic E-state index is 0.412. The van der Waals surface area contributed by atoms with E-state index in [1.54, 1.807) is 12.7 Å². The summed E-state index contributed by atoms with van der Waals surface area (Å²) in [6.45, 7) is 4.65. The Morgan fingerprint density at radius 2 is 1.05 bits per heavy atom. The molecule has 0 radical (unpaired) electrons. The standard InChI is InChI=1S/C29H34N6O.C24H24N4O/c1-33-14-16-34(17-15-33)22-6-5-7-23(18-22)35-19-26(27-28(30)31-20-32-29(27)35)21-10-12-25(13-11-21)36-24-8-3-2-4-9-24;25-23-21-20(14-28(19-8-4-5-9-19)24(21)27-15-26-23)16-10-12-18(13-11-16)22(29)17-6-2-1-3-7-17/h2-4,8-13,19-20,22-23H,5-7,14-18H2,1H3,(H2,30,31,32);1-3,6-7,10-15,19,22,29H,4-5,8-9H2,(H2,25,26,27)/t22-,23-;/m0./s1. The molecule has 1 unspecified atom stereocenters. The molecule has 65 heavy (non-hydrogen) atoms. The number of piperazine rings is 1. The van der Waals surface area contributed by atoms with E-state index in [4.69, 9.17) is 21.2 Å². The van der Waals surface area contributed by atoms with Crippen LogP contribution in [-0.4, -0.2) is 83.2 Å². The minimum Gasteiger partial charge on any atom is -0.457 e. The molecule has 4 aromatic heterocycles. The fourth-order valence-corrected chi connectivity index (χ4v) is 10.3. The third-order valence-electron chi connectivity index (χ3n) is 13.9. The van der Waals surface area contributed by atoms with Crippen molar-refractivity contribution in [1.82, 2.24) is 38.9 Å². The predicted molar refractivity (Wildman–Crippen MR) is 260 cm³/mol. The predicted octanol–water partition coefficient (Wildman–Crippen LogP) is 10.1. The third-order valence-corrected chi connectivity index (χ3v) is 13.9. The molecule has 2 saturated carbocycles. The monoisotopic (exact) mass is 866 g/mol. The zero-order chi connectivity index (χ0) is 44.3. The number of aromatic nitrogens is 6. The third kappa shape index (κ3) is 8.94. The number of anilines is 2. The molecule has 11 rings (SSSR count). The number of hydrogen-bond acceptors (Lipinski definition) is 10. The summed E-state index contributed by atoms with van der Waals surface area (Å²) < 4.78 is 10.6. The summed E-state index contributed by atoms with van der Waals surface area (Å²) in [6.07, 6.45) is 16.6. The smallest absolute Gasteiger partial charge is 0.146 e. The van der Waals surface area contributed by atoms with E-state index in [0.29, 0.717) is 29.8 Å².